The van der Waals surface area contributed by atoms with Crippen molar-refractivity contribution < 1.29 is 8.78 Å². The highest BCUT2D eigenvalue weighted by atomic mass is 79.9. The Labute approximate surface area is 120 Å². The lowest BCUT2D eigenvalue weighted by Crippen LogP contribution is -2.17. The first kappa shape index (κ1) is 15.9. The predicted molar refractivity (Wildman–Crippen MR) is 78.0 cm³/mol. The molecule has 0 heterocycles. The number of nitrogens with one attached hydrogen (secondary N) is 1. The third-order valence-electron chi connectivity index (χ3n) is 2.64. The molecule has 5 heteroatoms. The van der Waals surface area contributed by atoms with Crippen LogP contribution in [0.2, 0.25) is 0 Å². The van der Waals surface area contributed by atoms with E-state index in [0.29, 0.717) is 4.47 Å². The van der Waals surface area contributed by atoms with Gasteiger partial charge in [-0.05, 0) is 59.5 Å². The Morgan fingerprint density at radius 3 is 2.72 bits per heavy atom. The zero-order chi connectivity index (χ0) is 13.4. The third-order valence-corrected chi connectivity index (χ3v) is 3.95. The minimum absolute atomic E-state index is 0.105. The largest absolute Gasteiger partial charge is 0.312 e. The zero-order valence-electron chi connectivity index (χ0n) is 10.4. The second-order valence-corrected chi connectivity index (χ2v) is 5.89. The molecule has 0 aliphatic rings. The minimum Gasteiger partial charge on any atom is -0.312 e. The molecular formula is C13H18BrF2NS. The lowest BCUT2D eigenvalue weighted by Gasteiger charge is -2.08. The standard InChI is InChI=1S/C13H18BrF2NS/c1-18-8-4-2-3-7-17-9-10-12(15)6-5-11(14)13(10)16/h5-6,17H,2-4,7-9H2,1H3. The summed E-state index contributed by atoms with van der Waals surface area (Å²) in [5.74, 6) is 0.171. The molecule has 0 unspecified atom stereocenters. The first-order valence-electron chi connectivity index (χ1n) is 5.99. The van der Waals surface area contributed by atoms with Gasteiger partial charge in [-0.25, -0.2) is 8.78 Å². The molecule has 0 atom stereocenters. The summed E-state index contributed by atoms with van der Waals surface area (Å²) >= 11 is 4.90. The Kier molecular flexibility index (Phi) is 7.86. The van der Waals surface area contributed by atoms with Crippen LogP contribution in [0.15, 0.2) is 16.6 Å². The maximum Gasteiger partial charge on any atom is 0.144 e. The van der Waals surface area contributed by atoms with Crippen LogP contribution in [-0.4, -0.2) is 18.6 Å². The van der Waals surface area contributed by atoms with Crippen molar-refractivity contribution in [1.82, 2.24) is 5.32 Å². The average Bonchev–Trinajstić information content (AvgIpc) is 2.36. The molecule has 1 N–H and O–H groups in total. The molecule has 0 aliphatic heterocycles. The molecule has 0 amide bonds. The Morgan fingerprint density at radius 2 is 2.00 bits per heavy atom. The second kappa shape index (κ2) is 8.88. The van der Waals surface area contributed by atoms with E-state index in [1.54, 1.807) is 0 Å². The number of benzene rings is 1. The summed E-state index contributed by atoms with van der Waals surface area (Å²) in [5.41, 5.74) is 0.105. The normalized spacial score (nSPS) is 10.9. The predicted octanol–water partition coefficient (Wildman–Crippen LogP) is 4.35. The summed E-state index contributed by atoms with van der Waals surface area (Å²) in [6, 6.07) is 2.67. The highest BCUT2D eigenvalue weighted by Gasteiger charge is 2.11. The van der Waals surface area contributed by atoms with Crippen molar-refractivity contribution in [2.24, 2.45) is 0 Å². The highest BCUT2D eigenvalue weighted by Crippen LogP contribution is 2.21. The van der Waals surface area contributed by atoms with Gasteiger partial charge in [-0.1, -0.05) is 6.42 Å². The van der Waals surface area contributed by atoms with Gasteiger partial charge >= 0.3 is 0 Å². The minimum atomic E-state index is -0.509. The van der Waals surface area contributed by atoms with Crippen LogP contribution < -0.4 is 5.32 Å². The molecule has 0 saturated carbocycles. The summed E-state index contributed by atoms with van der Waals surface area (Å²) in [6.07, 6.45) is 5.48. The van der Waals surface area contributed by atoms with Crippen molar-refractivity contribution in [3.63, 3.8) is 0 Å². The van der Waals surface area contributed by atoms with Crippen LogP contribution in [0.3, 0.4) is 0 Å². The van der Waals surface area contributed by atoms with Gasteiger partial charge in [0.2, 0.25) is 0 Å². The van der Waals surface area contributed by atoms with E-state index in [1.165, 1.54) is 24.3 Å². The van der Waals surface area contributed by atoms with E-state index in [-0.39, 0.29) is 12.1 Å². The van der Waals surface area contributed by atoms with E-state index in [4.69, 9.17) is 0 Å². The molecule has 1 nitrogen and oxygen atoms in total. The van der Waals surface area contributed by atoms with Crippen LogP contribution in [0, 0.1) is 11.6 Å². The van der Waals surface area contributed by atoms with Gasteiger partial charge in [0.05, 0.1) is 4.47 Å². The van der Waals surface area contributed by atoms with E-state index in [0.717, 1.165) is 19.4 Å². The van der Waals surface area contributed by atoms with Crippen molar-refractivity contribution >= 4 is 27.7 Å². The molecule has 0 radical (unpaired) electrons. The van der Waals surface area contributed by atoms with Crippen molar-refractivity contribution in [2.75, 3.05) is 18.6 Å². The first-order valence-corrected chi connectivity index (χ1v) is 8.17. The summed E-state index contributed by atoms with van der Waals surface area (Å²) in [4.78, 5) is 0. The quantitative estimate of drug-likeness (QED) is 0.559. The SMILES string of the molecule is CSCCCCCNCc1c(F)ccc(Br)c1F. The number of halogens is 3. The molecule has 1 rings (SSSR count). The van der Waals surface area contributed by atoms with Crippen molar-refractivity contribution in [1.29, 1.82) is 0 Å². The number of hydrogen-bond donors (Lipinski definition) is 1. The Balaban J connectivity index is 2.29. The van der Waals surface area contributed by atoms with E-state index in [9.17, 15) is 8.78 Å². The number of unbranched alkanes of at least 4 members (excludes halogenated alkanes) is 2. The maximum absolute atomic E-state index is 13.6. The molecular weight excluding hydrogens is 320 g/mol. The van der Waals surface area contributed by atoms with Gasteiger partial charge in [-0.2, -0.15) is 11.8 Å². The third kappa shape index (κ3) is 5.24. The summed E-state index contributed by atoms with van der Waals surface area (Å²) in [5, 5.41) is 3.08. The first-order chi connectivity index (χ1) is 8.66. The van der Waals surface area contributed by atoms with Crippen LogP contribution in [0.4, 0.5) is 8.78 Å². The van der Waals surface area contributed by atoms with Gasteiger partial charge in [0.25, 0.3) is 0 Å². The average molecular weight is 338 g/mol. The van der Waals surface area contributed by atoms with Crippen LogP contribution in [0.5, 0.6) is 0 Å². The summed E-state index contributed by atoms with van der Waals surface area (Å²) in [7, 11) is 0. The summed E-state index contributed by atoms with van der Waals surface area (Å²) in [6.45, 7) is 1.03. The smallest absolute Gasteiger partial charge is 0.144 e. The van der Waals surface area contributed by atoms with Gasteiger partial charge in [0.1, 0.15) is 11.6 Å². The molecule has 0 saturated heterocycles. The van der Waals surface area contributed by atoms with Gasteiger partial charge in [-0.3, -0.25) is 0 Å². The molecule has 18 heavy (non-hydrogen) atoms. The van der Waals surface area contributed by atoms with Gasteiger partial charge in [0.15, 0.2) is 0 Å². The number of hydrogen-bond acceptors (Lipinski definition) is 2. The Hall–Kier alpha value is -0.130. The van der Waals surface area contributed by atoms with E-state index in [2.05, 4.69) is 27.5 Å². The van der Waals surface area contributed by atoms with Crippen LogP contribution in [0.1, 0.15) is 24.8 Å². The fourth-order valence-electron chi connectivity index (χ4n) is 1.62. The molecule has 102 valence electrons. The topological polar surface area (TPSA) is 12.0 Å². The van der Waals surface area contributed by atoms with Gasteiger partial charge < -0.3 is 5.32 Å². The second-order valence-electron chi connectivity index (χ2n) is 4.05. The molecule has 0 aromatic heterocycles. The van der Waals surface area contributed by atoms with Crippen LogP contribution in [0.25, 0.3) is 0 Å². The zero-order valence-corrected chi connectivity index (χ0v) is 12.8. The van der Waals surface area contributed by atoms with E-state index >= 15 is 0 Å². The van der Waals surface area contributed by atoms with Crippen molar-refractivity contribution in [3.05, 3.63) is 33.8 Å². The molecule has 0 bridgehead atoms. The summed E-state index contributed by atoms with van der Waals surface area (Å²) < 4.78 is 27.3. The van der Waals surface area contributed by atoms with E-state index in [1.807, 2.05) is 11.8 Å². The fourth-order valence-corrected chi connectivity index (χ4v) is 2.48. The maximum atomic E-state index is 13.6. The molecule has 0 aliphatic carbocycles. The molecule has 0 spiro atoms. The van der Waals surface area contributed by atoms with Crippen molar-refractivity contribution in [2.45, 2.75) is 25.8 Å². The Bertz CT molecular complexity index is 374. The van der Waals surface area contributed by atoms with Gasteiger partial charge in [-0.15, -0.1) is 0 Å². The monoisotopic (exact) mass is 337 g/mol. The van der Waals surface area contributed by atoms with Gasteiger partial charge in [0, 0.05) is 12.1 Å². The fraction of sp³-hybridized carbons (Fsp3) is 0.538. The van der Waals surface area contributed by atoms with Crippen LogP contribution in [-0.2, 0) is 6.54 Å². The Morgan fingerprint density at radius 1 is 1.22 bits per heavy atom. The van der Waals surface area contributed by atoms with E-state index < -0.39 is 11.6 Å². The van der Waals surface area contributed by atoms with Crippen molar-refractivity contribution in [3.8, 4) is 0 Å². The lowest BCUT2D eigenvalue weighted by molar-refractivity contribution is 0.526. The number of rotatable bonds is 8. The molecule has 1 aromatic carbocycles. The molecule has 1 aromatic rings. The highest BCUT2D eigenvalue weighted by molar-refractivity contribution is 9.10. The number of thioether (sulfide) groups is 1. The molecule has 0 fully saturated rings. The van der Waals surface area contributed by atoms with Crippen LogP contribution >= 0.6 is 27.7 Å². The lowest BCUT2D eigenvalue weighted by atomic mass is 10.2.